The number of hydrogen-bond acceptors (Lipinski definition) is 3. The summed E-state index contributed by atoms with van der Waals surface area (Å²) in [6, 6.07) is 0.405. The third-order valence-electron chi connectivity index (χ3n) is 4.13. The van der Waals surface area contributed by atoms with Crippen molar-refractivity contribution in [2.45, 2.75) is 52.2 Å². The Labute approximate surface area is 123 Å². The molecule has 0 aliphatic heterocycles. The standard InChI is InChI=1S/C15H31N3O2/c1-6-7-9-20-13-11-12(15(13,2)3)18-14(16-4)17-8-10-19-5/h12-13H,6-11H2,1-5H3,(H2,16,17,18). The lowest BCUT2D eigenvalue weighted by Crippen LogP contribution is -2.63. The lowest BCUT2D eigenvalue weighted by atomic mass is 9.64. The van der Waals surface area contributed by atoms with E-state index >= 15 is 0 Å². The van der Waals surface area contributed by atoms with E-state index in [4.69, 9.17) is 9.47 Å². The molecule has 0 amide bonds. The maximum Gasteiger partial charge on any atom is 0.191 e. The van der Waals surface area contributed by atoms with E-state index in [1.54, 1.807) is 14.2 Å². The largest absolute Gasteiger partial charge is 0.383 e. The summed E-state index contributed by atoms with van der Waals surface area (Å²) in [6.07, 6.45) is 3.72. The molecular formula is C15H31N3O2. The first-order chi connectivity index (χ1) is 9.56. The van der Waals surface area contributed by atoms with Crippen molar-refractivity contribution in [2.24, 2.45) is 10.4 Å². The Bertz CT molecular complexity index is 305. The molecule has 1 aliphatic carbocycles. The molecule has 2 atom stereocenters. The minimum absolute atomic E-state index is 0.145. The molecule has 5 nitrogen and oxygen atoms in total. The summed E-state index contributed by atoms with van der Waals surface area (Å²) in [4.78, 5) is 4.25. The Hall–Kier alpha value is -0.810. The van der Waals surface area contributed by atoms with Gasteiger partial charge in [0, 0.05) is 38.8 Å². The molecule has 0 spiro atoms. The minimum atomic E-state index is 0.145. The average molecular weight is 285 g/mol. The fourth-order valence-corrected chi connectivity index (χ4v) is 2.41. The summed E-state index contributed by atoms with van der Waals surface area (Å²) >= 11 is 0. The monoisotopic (exact) mass is 285 g/mol. The first-order valence-electron chi connectivity index (χ1n) is 7.64. The van der Waals surface area contributed by atoms with E-state index in [9.17, 15) is 0 Å². The van der Waals surface area contributed by atoms with Crippen LogP contribution in [0.25, 0.3) is 0 Å². The molecule has 1 saturated carbocycles. The molecule has 0 aromatic carbocycles. The Morgan fingerprint density at radius 2 is 2.10 bits per heavy atom. The Balaban J connectivity index is 2.34. The van der Waals surface area contributed by atoms with Gasteiger partial charge in [-0.2, -0.15) is 0 Å². The van der Waals surface area contributed by atoms with Crippen LogP contribution in [0.15, 0.2) is 4.99 Å². The molecule has 118 valence electrons. The number of nitrogens with zero attached hydrogens (tertiary/aromatic N) is 1. The first-order valence-corrected chi connectivity index (χ1v) is 7.64. The Kier molecular flexibility index (Phi) is 7.30. The number of nitrogens with one attached hydrogen (secondary N) is 2. The maximum atomic E-state index is 5.96. The van der Waals surface area contributed by atoms with E-state index in [0.717, 1.165) is 32.0 Å². The van der Waals surface area contributed by atoms with Gasteiger partial charge < -0.3 is 20.1 Å². The number of rotatable bonds is 8. The fraction of sp³-hybridized carbons (Fsp3) is 0.933. The van der Waals surface area contributed by atoms with Crippen molar-refractivity contribution < 1.29 is 9.47 Å². The zero-order valence-corrected chi connectivity index (χ0v) is 13.7. The number of ether oxygens (including phenoxy) is 2. The molecule has 1 aliphatic rings. The van der Waals surface area contributed by atoms with Gasteiger partial charge in [-0.25, -0.2) is 0 Å². The highest BCUT2D eigenvalue weighted by Crippen LogP contribution is 2.42. The summed E-state index contributed by atoms with van der Waals surface area (Å²) in [6.45, 7) is 9.02. The smallest absolute Gasteiger partial charge is 0.191 e. The van der Waals surface area contributed by atoms with E-state index in [2.05, 4.69) is 36.4 Å². The molecule has 0 aromatic heterocycles. The number of methoxy groups -OCH3 is 1. The topological polar surface area (TPSA) is 54.9 Å². The second kappa shape index (κ2) is 8.47. The molecule has 5 heteroatoms. The van der Waals surface area contributed by atoms with Crippen molar-refractivity contribution in [1.29, 1.82) is 0 Å². The van der Waals surface area contributed by atoms with Gasteiger partial charge in [0.05, 0.1) is 12.7 Å². The first kappa shape index (κ1) is 17.2. The highest BCUT2D eigenvalue weighted by molar-refractivity contribution is 5.80. The summed E-state index contributed by atoms with van der Waals surface area (Å²) < 4.78 is 11.0. The van der Waals surface area contributed by atoms with Gasteiger partial charge in [0.15, 0.2) is 5.96 Å². The zero-order chi connectivity index (χ0) is 15.0. The Morgan fingerprint density at radius 1 is 1.35 bits per heavy atom. The Morgan fingerprint density at radius 3 is 2.65 bits per heavy atom. The fourth-order valence-electron chi connectivity index (χ4n) is 2.41. The highest BCUT2D eigenvalue weighted by atomic mass is 16.5. The molecular weight excluding hydrogens is 254 g/mol. The normalized spacial score (nSPS) is 25.1. The third kappa shape index (κ3) is 4.63. The van der Waals surface area contributed by atoms with Gasteiger partial charge in [-0.1, -0.05) is 27.2 Å². The van der Waals surface area contributed by atoms with E-state index in [0.29, 0.717) is 18.8 Å². The SMILES string of the molecule is CCCCOC1CC(NC(=NC)NCCOC)C1(C)C. The number of guanidine groups is 1. The lowest BCUT2D eigenvalue weighted by molar-refractivity contribution is -0.113. The second-order valence-corrected chi connectivity index (χ2v) is 5.96. The van der Waals surface area contributed by atoms with Gasteiger partial charge in [-0.3, -0.25) is 4.99 Å². The van der Waals surface area contributed by atoms with E-state index in [1.165, 1.54) is 6.42 Å². The van der Waals surface area contributed by atoms with Crippen molar-refractivity contribution in [3.8, 4) is 0 Å². The maximum absolute atomic E-state index is 5.96. The summed E-state index contributed by atoms with van der Waals surface area (Å²) in [5.41, 5.74) is 0.145. The van der Waals surface area contributed by atoms with E-state index in [-0.39, 0.29) is 5.41 Å². The van der Waals surface area contributed by atoms with Gasteiger partial charge in [0.1, 0.15) is 0 Å². The average Bonchev–Trinajstić information content (AvgIpc) is 2.43. The van der Waals surface area contributed by atoms with Crippen LogP contribution in [0.2, 0.25) is 0 Å². The molecule has 0 bridgehead atoms. The van der Waals surface area contributed by atoms with Crippen LogP contribution in [0.3, 0.4) is 0 Å². The molecule has 1 rings (SSSR count). The lowest BCUT2D eigenvalue weighted by Gasteiger charge is -2.52. The quantitative estimate of drug-likeness (QED) is 0.405. The van der Waals surface area contributed by atoms with Crippen LogP contribution in [-0.2, 0) is 9.47 Å². The van der Waals surface area contributed by atoms with Crippen molar-refractivity contribution in [3.63, 3.8) is 0 Å². The van der Waals surface area contributed by atoms with Crippen LogP contribution in [0.5, 0.6) is 0 Å². The highest BCUT2D eigenvalue weighted by Gasteiger charge is 2.49. The molecule has 2 unspecified atom stereocenters. The van der Waals surface area contributed by atoms with Crippen molar-refractivity contribution in [3.05, 3.63) is 0 Å². The van der Waals surface area contributed by atoms with Crippen LogP contribution >= 0.6 is 0 Å². The predicted molar refractivity (Wildman–Crippen MR) is 83.2 cm³/mol. The van der Waals surface area contributed by atoms with E-state index < -0.39 is 0 Å². The van der Waals surface area contributed by atoms with Crippen LogP contribution in [-0.4, -0.2) is 52.0 Å². The number of hydrogen-bond donors (Lipinski definition) is 2. The van der Waals surface area contributed by atoms with Gasteiger partial charge in [0.2, 0.25) is 0 Å². The predicted octanol–water partition coefficient (Wildman–Crippen LogP) is 1.78. The number of aliphatic imine (C=N–C) groups is 1. The molecule has 0 heterocycles. The van der Waals surface area contributed by atoms with Crippen LogP contribution in [0, 0.1) is 5.41 Å². The summed E-state index contributed by atoms with van der Waals surface area (Å²) in [5, 5.41) is 6.72. The van der Waals surface area contributed by atoms with E-state index in [1.807, 2.05) is 0 Å². The summed E-state index contributed by atoms with van der Waals surface area (Å²) in [7, 11) is 3.49. The zero-order valence-electron chi connectivity index (χ0n) is 13.7. The van der Waals surface area contributed by atoms with Crippen molar-refractivity contribution in [2.75, 3.05) is 33.9 Å². The van der Waals surface area contributed by atoms with Crippen molar-refractivity contribution >= 4 is 5.96 Å². The number of unbranched alkanes of at least 4 members (excludes halogenated alkanes) is 1. The van der Waals surface area contributed by atoms with Gasteiger partial charge in [-0.15, -0.1) is 0 Å². The van der Waals surface area contributed by atoms with Gasteiger partial charge in [-0.05, 0) is 12.8 Å². The minimum Gasteiger partial charge on any atom is -0.383 e. The molecule has 0 saturated heterocycles. The molecule has 20 heavy (non-hydrogen) atoms. The molecule has 1 fully saturated rings. The molecule has 2 N–H and O–H groups in total. The van der Waals surface area contributed by atoms with Crippen LogP contribution < -0.4 is 10.6 Å². The van der Waals surface area contributed by atoms with Gasteiger partial charge >= 0.3 is 0 Å². The van der Waals surface area contributed by atoms with Crippen molar-refractivity contribution in [1.82, 2.24) is 10.6 Å². The summed E-state index contributed by atoms with van der Waals surface area (Å²) in [5.74, 6) is 0.840. The molecule has 0 radical (unpaired) electrons. The third-order valence-corrected chi connectivity index (χ3v) is 4.13. The van der Waals surface area contributed by atoms with Crippen LogP contribution in [0.1, 0.15) is 40.0 Å². The van der Waals surface area contributed by atoms with Gasteiger partial charge in [0.25, 0.3) is 0 Å². The van der Waals surface area contributed by atoms with Crippen LogP contribution in [0.4, 0.5) is 0 Å². The second-order valence-electron chi connectivity index (χ2n) is 5.96. The molecule has 0 aromatic rings.